The van der Waals surface area contributed by atoms with Gasteiger partial charge in [0, 0.05) is 0 Å². The van der Waals surface area contributed by atoms with Crippen LogP contribution < -0.4 is 5.14 Å². The van der Waals surface area contributed by atoms with Crippen LogP contribution in [0.2, 0.25) is 0 Å². The van der Waals surface area contributed by atoms with Gasteiger partial charge in [-0.3, -0.25) is 0 Å². The summed E-state index contributed by atoms with van der Waals surface area (Å²) in [4.78, 5) is 0. The van der Waals surface area contributed by atoms with E-state index in [-0.39, 0.29) is 0 Å². The molecule has 0 aliphatic carbocycles. The predicted octanol–water partition coefficient (Wildman–Crippen LogP) is 1.38. The molecule has 84 valence electrons. The molecule has 0 radical (unpaired) electrons. The fraction of sp³-hybridized carbons (Fsp3) is 0.778. The molecule has 0 aliphatic heterocycles. The molecule has 0 aliphatic rings. The molecule has 0 fully saturated rings. The minimum atomic E-state index is -3.39. The van der Waals surface area contributed by atoms with Crippen molar-refractivity contribution in [3.8, 4) is 0 Å². The number of primary sulfonamides is 1. The monoisotopic (exact) mass is 221 g/mol. The fourth-order valence-electron chi connectivity index (χ4n) is 1.24. The molecule has 2 N–H and O–H groups in total. The Bertz CT molecular complexity index is 259. The standard InChI is InChI=1S/C9H19NO3S/c1-3-6-9(14(10,11)12)7-4-5-8-13-2/h5,8-9H,3-4,6-7H2,1-2H3,(H2,10,11,12). The second kappa shape index (κ2) is 6.84. The van der Waals surface area contributed by atoms with E-state index >= 15 is 0 Å². The first-order chi connectivity index (χ1) is 6.52. The molecule has 0 aromatic heterocycles. The summed E-state index contributed by atoms with van der Waals surface area (Å²) in [5.74, 6) is 0. The average Bonchev–Trinajstić information content (AvgIpc) is 2.08. The lowest BCUT2D eigenvalue weighted by Crippen LogP contribution is -2.28. The van der Waals surface area contributed by atoms with Gasteiger partial charge < -0.3 is 4.74 Å². The van der Waals surface area contributed by atoms with E-state index in [0.717, 1.165) is 6.42 Å². The minimum Gasteiger partial charge on any atom is -0.505 e. The largest absolute Gasteiger partial charge is 0.505 e. The summed E-state index contributed by atoms with van der Waals surface area (Å²) in [6.07, 6.45) is 6.04. The summed E-state index contributed by atoms with van der Waals surface area (Å²) < 4.78 is 26.9. The van der Waals surface area contributed by atoms with Crippen LogP contribution >= 0.6 is 0 Å². The molecule has 0 spiro atoms. The summed E-state index contributed by atoms with van der Waals surface area (Å²) in [7, 11) is -1.83. The molecule has 0 rings (SSSR count). The van der Waals surface area contributed by atoms with Crippen LogP contribution in [0.1, 0.15) is 32.6 Å². The van der Waals surface area contributed by atoms with E-state index < -0.39 is 15.3 Å². The van der Waals surface area contributed by atoms with E-state index in [0.29, 0.717) is 19.3 Å². The summed E-state index contributed by atoms with van der Waals surface area (Å²) in [6.45, 7) is 1.95. The smallest absolute Gasteiger partial charge is 0.211 e. The van der Waals surface area contributed by atoms with Crippen molar-refractivity contribution < 1.29 is 13.2 Å². The molecule has 0 amide bonds. The van der Waals surface area contributed by atoms with Crippen LogP contribution in [-0.4, -0.2) is 20.8 Å². The zero-order valence-corrected chi connectivity index (χ0v) is 9.59. The van der Waals surface area contributed by atoms with E-state index in [1.165, 1.54) is 0 Å². The van der Waals surface area contributed by atoms with Crippen molar-refractivity contribution in [2.75, 3.05) is 7.11 Å². The molecule has 0 aromatic rings. The Hall–Kier alpha value is -0.550. The Morgan fingerprint density at radius 3 is 2.50 bits per heavy atom. The van der Waals surface area contributed by atoms with E-state index in [1.54, 1.807) is 19.4 Å². The summed E-state index contributed by atoms with van der Waals surface area (Å²) in [5.41, 5.74) is 0. The Labute approximate surface area is 86.2 Å². The van der Waals surface area contributed by atoms with E-state index in [1.807, 2.05) is 6.92 Å². The van der Waals surface area contributed by atoms with Crippen molar-refractivity contribution >= 4 is 10.0 Å². The normalized spacial score (nSPS) is 14.5. The van der Waals surface area contributed by atoms with E-state index in [9.17, 15) is 8.42 Å². The van der Waals surface area contributed by atoms with Gasteiger partial charge >= 0.3 is 0 Å². The highest BCUT2D eigenvalue weighted by Crippen LogP contribution is 2.12. The number of hydrogen-bond donors (Lipinski definition) is 1. The van der Waals surface area contributed by atoms with Crippen molar-refractivity contribution in [2.24, 2.45) is 5.14 Å². The first-order valence-electron chi connectivity index (χ1n) is 4.71. The molecule has 0 heterocycles. The maximum atomic E-state index is 11.1. The zero-order chi connectivity index (χ0) is 11.0. The van der Waals surface area contributed by atoms with Crippen LogP contribution in [0.3, 0.4) is 0 Å². The maximum absolute atomic E-state index is 11.1. The van der Waals surface area contributed by atoms with Crippen LogP contribution in [0.15, 0.2) is 12.3 Å². The number of ether oxygens (including phenoxy) is 1. The van der Waals surface area contributed by atoms with Gasteiger partial charge in [-0.15, -0.1) is 0 Å². The van der Waals surface area contributed by atoms with Crippen LogP contribution in [0, 0.1) is 0 Å². The maximum Gasteiger partial charge on any atom is 0.211 e. The lowest BCUT2D eigenvalue weighted by Gasteiger charge is -2.11. The zero-order valence-electron chi connectivity index (χ0n) is 8.77. The van der Waals surface area contributed by atoms with Crippen LogP contribution in [0.5, 0.6) is 0 Å². The van der Waals surface area contributed by atoms with Crippen LogP contribution in [0.25, 0.3) is 0 Å². The molecular weight excluding hydrogens is 202 g/mol. The van der Waals surface area contributed by atoms with E-state index in [4.69, 9.17) is 9.88 Å². The SMILES string of the molecule is CCCC(CCC=COC)S(N)(=O)=O. The van der Waals surface area contributed by atoms with E-state index in [2.05, 4.69) is 0 Å². The van der Waals surface area contributed by atoms with Gasteiger partial charge in [0.2, 0.25) is 10.0 Å². The van der Waals surface area contributed by atoms with Gasteiger partial charge in [-0.1, -0.05) is 13.3 Å². The summed E-state index contributed by atoms with van der Waals surface area (Å²) >= 11 is 0. The molecular formula is C9H19NO3S. The third-order valence-corrected chi connectivity index (χ3v) is 3.36. The van der Waals surface area contributed by atoms with Crippen molar-refractivity contribution in [3.05, 3.63) is 12.3 Å². The number of methoxy groups -OCH3 is 1. The topological polar surface area (TPSA) is 69.4 Å². The van der Waals surface area contributed by atoms with Gasteiger partial charge in [-0.25, -0.2) is 13.6 Å². The summed E-state index contributed by atoms with van der Waals surface area (Å²) in [6, 6.07) is 0. The van der Waals surface area contributed by atoms with Crippen molar-refractivity contribution in [2.45, 2.75) is 37.9 Å². The first kappa shape index (κ1) is 13.4. The number of allylic oxidation sites excluding steroid dienone is 1. The van der Waals surface area contributed by atoms with Crippen LogP contribution in [-0.2, 0) is 14.8 Å². The molecule has 1 atom stereocenters. The Kier molecular flexibility index (Phi) is 6.57. The number of hydrogen-bond acceptors (Lipinski definition) is 3. The molecule has 5 heteroatoms. The third-order valence-electron chi connectivity index (χ3n) is 1.96. The molecule has 0 bridgehead atoms. The highest BCUT2D eigenvalue weighted by Gasteiger charge is 2.18. The van der Waals surface area contributed by atoms with Gasteiger partial charge in [0.05, 0.1) is 18.6 Å². The molecule has 0 aromatic carbocycles. The quantitative estimate of drug-likeness (QED) is 0.660. The third kappa shape index (κ3) is 5.99. The minimum absolute atomic E-state index is 0.422. The molecule has 0 saturated carbocycles. The lowest BCUT2D eigenvalue weighted by molar-refractivity contribution is 0.336. The highest BCUT2D eigenvalue weighted by molar-refractivity contribution is 7.89. The van der Waals surface area contributed by atoms with Gasteiger partial charge in [-0.05, 0) is 25.3 Å². The lowest BCUT2D eigenvalue weighted by atomic mass is 10.1. The van der Waals surface area contributed by atoms with Gasteiger partial charge in [-0.2, -0.15) is 0 Å². The first-order valence-corrected chi connectivity index (χ1v) is 6.32. The van der Waals surface area contributed by atoms with Crippen LogP contribution in [0.4, 0.5) is 0 Å². The second-order valence-corrected chi connectivity index (χ2v) is 5.03. The Morgan fingerprint density at radius 1 is 1.43 bits per heavy atom. The summed E-state index contributed by atoms with van der Waals surface area (Å²) in [5, 5.41) is 4.68. The molecule has 1 unspecified atom stereocenters. The predicted molar refractivity (Wildman–Crippen MR) is 57.2 cm³/mol. The fourth-order valence-corrected chi connectivity index (χ4v) is 2.27. The molecule has 0 saturated heterocycles. The van der Waals surface area contributed by atoms with Crippen molar-refractivity contribution in [1.29, 1.82) is 0 Å². The Morgan fingerprint density at radius 2 is 2.07 bits per heavy atom. The number of sulfonamides is 1. The van der Waals surface area contributed by atoms with Gasteiger partial charge in [0.15, 0.2) is 0 Å². The van der Waals surface area contributed by atoms with Gasteiger partial charge in [0.25, 0.3) is 0 Å². The van der Waals surface area contributed by atoms with Gasteiger partial charge in [0.1, 0.15) is 0 Å². The molecule has 4 nitrogen and oxygen atoms in total. The number of nitrogens with two attached hydrogens (primary N) is 1. The average molecular weight is 221 g/mol. The molecule has 14 heavy (non-hydrogen) atoms. The Balaban J connectivity index is 4.05. The van der Waals surface area contributed by atoms with Crippen molar-refractivity contribution in [1.82, 2.24) is 0 Å². The second-order valence-electron chi connectivity index (χ2n) is 3.18. The highest BCUT2D eigenvalue weighted by atomic mass is 32.2. The van der Waals surface area contributed by atoms with Crippen molar-refractivity contribution in [3.63, 3.8) is 0 Å². The number of rotatable bonds is 7.